The van der Waals surface area contributed by atoms with Gasteiger partial charge < -0.3 is 5.11 Å². The van der Waals surface area contributed by atoms with E-state index >= 15 is 0 Å². The van der Waals surface area contributed by atoms with E-state index in [-0.39, 0.29) is 17.2 Å². The van der Waals surface area contributed by atoms with Crippen molar-refractivity contribution in [2.24, 2.45) is 0 Å². The Balaban J connectivity index is 2.09. The number of rotatable bonds is 3. The van der Waals surface area contributed by atoms with Gasteiger partial charge in [0, 0.05) is 17.8 Å². The lowest BCUT2D eigenvalue weighted by molar-refractivity contribution is 0.0690. The van der Waals surface area contributed by atoms with E-state index < -0.39 is 5.97 Å². The van der Waals surface area contributed by atoms with Crippen molar-refractivity contribution in [3.05, 3.63) is 64.7 Å². The largest absolute Gasteiger partial charge is 0.476 e. The van der Waals surface area contributed by atoms with Crippen LogP contribution in [0.5, 0.6) is 0 Å². The molecular weight excluding hydrogens is 272 g/mol. The Morgan fingerprint density at radius 3 is 2.62 bits per heavy atom. The molecule has 0 radical (unpaired) electrons. The second-order valence-corrected chi connectivity index (χ2v) is 4.27. The van der Waals surface area contributed by atoms with Gasteiger partial charge in [0.15, 0.2) is 5.69 Å². The summed E-state index contributed by atoms with van der Waals surface area (Å²) in [5, 5.41) is 12.7. The maximum absolute atomic E-state index is 11.7. The first kappa shape index (κ1) is 12.8. The fraction of sp³-hybridized carbons (Fsp3) is 0. The van der Waals surface area contributed by atoms with Crippen molar-refractivity contribution in [1.29, 1.82) is 0 Å². The average Bonchev–Trinajstić information content (AvgIpc) is 2.98. The molecule has 2 aromatic heterocycles. The highest BCUT2D eigenvalue weighted by Gasteiger charge is 2.10. The number of H-pyrrole nitrogens is 1. The number of carboxylic acid groups (broad SMARTS) is 1. The smallest absolute Gasteiger partial charge is 0.356 e. The molecule has 0 aliphatic rings. The van der Waals surface area contributed by atoms with E-state index in [0.717, 1.165) is 5.56 Å². The first-order chi connectivity index (χ1) is 10.1. The number of aromatic nitrogens is 4. The van der Waals surface area contributed by atoms with Crippen LogP contribution >= 0.6 is 0 Å². The Labute approximate surface area is 118 Å². The van der Waals surface area contributed by atoms with Crippen LogP contribution < -0.4 is 5.56 Å². The summed E-state index contributed by atoms with van der Waals surface area (Å²) in [7, 11) is 0. The molecule has 2 N–H and O–H groups in total. The van der Waals surface area contributed by atoms with Crippen molar-refractivity contribution in [2.75, 3.05) is 0 Å². The Bertz CT molecular complexity index is 852. The van der Waals surface area contributed by atoms with Crippen LogP contribution in [-0.4, -0.2) is 30.8 Å². The Morgan fingerprint density at radius 1 is 1.19 bits per heavy atom. The first-order valence-electron chi connectivity index (χ1n) is 6.09. The fourth-order valence-corrected chi connectivity index (χ4v) is 1.87. The summed E-state index contributed by atoms with van der Waals surface area (Å²) in [4.78, 5) is 29.4. The van der Waals surface area contributed by atoms with E-state index in [0.29, 0.717) is 5.69 Å². The predicted molar refractivity (Wildman–Crippen MR) is 74.4 cm³/mol. The molecule has 3 aromatic rings. The van der Waals surface area contributed by atoms with Crippen LogP contribution in [0.3, 0.4) is 0 Å². The van der Waals surface area contributed by atoms with E-state index in [1.165, 1.54) is 23.0 Å². The third-order valence-corrected chi connectivity index (χ3v) is 2.82. The van der Waals surface area contributed by atoms with Crippen LogP contribution in [0.2, 0.25) is 0 Å². The monoisotopic (exact) mass is 282 g/mol. The molecular formula is C14H10N4O3. The van der Waals surface area contributed by atoms with Crippen LogP contribution in [0.4, 0.5) is 0 Å². The molecule has 0 aliphatic heterocycles. The van der Waals surface area contributed by atoms with E-state index in [1.807, 2.05) is 30.3 Å². The minimum atomic E-state index is -1.14. The van der Waals surface area contributed by atoms with Gasteiger partial charge in [-0.1, -0.05) is 30.3 Å². The molecule has 0 atom stereocenters. The van der Waals surface area contributed by atoms with Crippen molar-refractivity contribution in [1.82, 2.24) is 19.7 Å². The third kappa shape index (κ3) is 2.57. The quantitative estimate of drug-likeness (QED) is 0.754. The number of carboxylic acids is 1. The molecule has 0 aliphatic carbocycles. The van der Waals surface area contributed by atoms with Crippen LogP contribution in [0.15, 0.2) is 53.5 Å². The number of aromatic amines is 1. The van der Waals surface area contributed by atoms with Crippen LogP contribution in [0, 0.1) is 0 Å². The highest BCUT2D eigenvalue weighted by molar-refractivity contribution is 5.85. The Kier molecular flexibility index (Phi) is 3.07. The zero-order valence-corrected chi connectivity index (χ0v) is 10.7. The van der Waals surface area contributed by atoms with E-state index in [1.54, 1.807) is 0 Å². The standard InChI is InChI=1S/C14H10N4O3/c19-12-8-11(9-4-2-1-3-5-9)15-14(16-12)18-7-6-10(17-18)13(20)21/h1-8H,(H,20,21)(H,15,16,19). The van der Waals surface area contributed by atoms with Crippen molar-refractivity contribution in [3.8, 4) is 17.2 Å². The van der Waals surface area contributed by atoms with Gasteiger partial charge in [-0.15, -0.1) is 0 Å². The van der Waals surface area contributed by atoms with Crippen molar-refractivity contribution < 1.29 is 9.90 Å². The highest BCUT2D eigenvalue weighted by Crippen LogP contribution is 2.15. The second kappa shape index (κ2) is 5.04. The minimum Gasteiger partial charge on any atom is -0.476 e. The number of hydrogen-bond donors (Lipinski definition) is 2. The predicted octanol–water partition coefficient (Wildman–Crippen LogP) is 1.32. The zero-order chi connectivity index (χ0) is 14.8. The topological polar surface area (TPSA) is 101 Å². The van der Waals surface area contributed by atoms with Gasteiger partial charge in [-0.3, -0.25) is 9.78 Å². The molecule has 0 spiro atoms. The summed E-state index contributed by atoms with van der Waals surface area (Å²) in [6.07, 6.45) is 1.43. The van der Waals surface area contributed by atoms with Gasteiger partial charge in [0.25, 0.3) is 5.56 Å². The minimum absolute atomic E-state index is 0.122. The number of carbonyl (C=O) groups is 1. The number of nitrogens with zero attached hydrogens (tertiary/aromatic N) is 3. The second-order valence-electron chi connectivity index (χ2n) is 4.27. The van der Waals surface area contributed by atoms with E-state index in [4.69, 9.17) is 5.11 Å². The molecule has 21 heavy (non-hydrogen) atoms. The van der Waals surface area contributed by atoms with Gasteiger partial charge in [-0.2, -0.15) is 5.10 Å². The van der Waals surface area contributed by atoms with Gasteiger partial charge in [0.1, 0.15) is 0 Å². The van der Waals surface area contributed by atoms with Gasteiger partial charge in [-0.05, 0) is 6.07 Å². The maximum Gasteiger partial charge on any atom is 0.356 e. The summed E-state index contributed by atoms with van der Waals surface area (Å²) in [6, 6.07) is 11.9. The maximum atomic E-state index is 11.7. The lowest BCUT2D eigenvalue weighted by atomic mass is 10.1. The molecule has 0 bridgehead atoms. The highest BCUT2D eigenvalue weighted by atomic mass is 16.4. The summed E-state index contributed by atoms with van der Waals surface area (Å²) < 4.78 is 1.22. The van der Waals surface area contributed by atoms with Crippen LogP contribution in [0.25, 0.3) is 17.2 Å². The van der Waals surface area contributed by atoms with Gasteiger partial charge in [0.2, 0.25) is 5.95 Å². The van der Waals surface area contributed by atoms with Crippen molar-refractivity contribution in [3.63, 3.8) is 0 Å². The molecule has 7 nitrogen and oxygen atoms in total. The van der Waals surface area contributed by atoms with Crippen molar-refractivity contribution >= 4 is 5.97 Å². The number of benzene rings is 1. The first-order valence-corrected chi connectivity index (χ1v) is 6.09. The number of aromatic carboxylic acids is 1. The molecule has 7 heteroatoms. The summed E-state index contributed by atoms with van der Waals surface area (Å²) >= 11 is 0. The molecule has 0 saturated heterocycles. The van der Waals surface area contributed by atoms with E-state index in [9.17, 15) is 9.59 Å². The Hall–Kier alpha value is -3.22. The fourth-order valence-electron chi connectivity index (χ4n) is 1.87. The van der Waals surface area contributed by atoms with Gasteiger partial charge >= 0.3 is 5.97 Å². The lowest BCUT2D eigenvalue weighted by Gasteiger charge is -2.04. The molecule has 0 unspecified atom stereocenters. The summed E-state index contributed by atoms with van der Waals surface area (Å²) in [5.74, 6) is -0.982. The Morgan fingerprint density at radius 2 is 1.95 bits per heavy atom. The molecule has 0 fully saturated rings. The van der Waals surface area contributed by atoms with Gasteiger partial charge in [-0.25, -0.2) is 14.5 Å². The molecule has 104 valence electrons. The number of nitrogens with one attached hydrogen (secondary N) is 1. The molecule has 3 rings (SSSR count). The summed E-state index contributed by atoms with van der Waals surface area (Å²) in [5.41, 5.74) is 0.811. The SMILES string of the molecule is O=C(O)c1ccn(-c2nc(-c3ccccc3)cc(=O)[nH]2)n1. The number of hydrogen-bond acceptors (Lipinski definition) is 4. The van der Waals surface area contributed by atoms with E-state index in [2.05, 4.69) is 15.1 Å². The van der Waals surface area contributed by atoms with Crippen molar-refractivity contribution in [2.45, 2.75) is 0 Å². The molecule has 2 heterocycles. The van der Waals surface area contributed by atoms with Gasteiger partial charge in [0.05, 0.1) is 5.69 Å². The third-order valence-electron chi connectivity index (χ3n) is 2.82. The average molecular weight is 282 g/mol. The molecule has 0 amide bonds. The normalized spacial score (nSPS) is 10.5. The summed E-state index contributed by atoms with van der Waals surface area (Å²) in [6.45, 7) is 0. The zero-order valence-electron chi connectivity index (χ0n) is 10.7. The lowest BCUT2D eigenvalue weighted by Crippen LogP contribution is -2.13. The molecule has 1 aromatic carbocycles. The van der Waals surface area contributed by atoms with Crippen LogP contribution in [-0.2, 0) is 0 Å². The van der Waals surface area contributed by atoms with Crippen LogP contribution in [0.1, 0.15) is 10.5 Å². The molecule has 0 saturated carbocycles.